The standard InChI is InChI=1S/C12H20O4/c1-3-4-5-6-7-10(2)16-12(15)9-8-11(13)14/h8-10H,3-7H2,1-2H3,(H,13,14)/b9-8+/t10-/m1/s1. The first-order chi connectivity index (χ1) is 7.56. The van der Waals surface area contributed by atoms with E-state index < -0.39 is 11.9 Å². The number of carbonyl (C=O) groups is 2. The third-order valence-electron chi connectivity index (χ3n) is 2.14. The summed E-state index contributed by atoms with van der Waals surface area (Å²) < 4.78 is 4.99. The van der Waals surface area contributed by atoms with E-state index in [4.69, 9.17) is 9.84 Å². The average molecular weight is 228 g/mol. The number of esters is 1. The lowest BCUT2D eigenvalue weighted by Crippen LogP contribution is -2.13. The molecular formula is C12H20O4. The molecule has 0 saturated carbocycles. The first kappa shape index (κ1) is 14.7. The van der Waals surface area contributed by atoms with Gasteiger partial charge in [-0.15, -0.1) is 0 Å². The number of carboxylic acids is 1. The number of carboxylic acid groups (broad SMARTS) is 1. The van der Waals surface area contributed by atoms with Crippen molar-refractivity contribution >= 4 is 11.9 Å². The molecule has 0 spiro atoms. The van der Waals surface area contributed by atoms with E-state index in [1.165, 1.54) is 12.8 Å². The van der Waals surface area contributed by atoms with Gasteiger partial charge in [-0.1, -0.05) is 26.2 Å². The predicted octanol–water partition coefficient (Wildman–Crippen LogP) is 2.53. The molecule has 0 bridgehead atoms. The van der Waals surface area contributed by atoms with E-state index >= 15 is 0 Å². The molecule has 0 aliphatic carbocycles. The first-order valence-electron chi connectivity index (χ1n) is 5.68. The molecule has 0 aromatic rings. The molecule has 0 unspecified atom stereocenters. The first-order valence-corrected chi connectivity index (χ1v) is 5.68. The molecule has 0 amide bonds. The summed E-state index contributed by atoms with van der Waals surface area (Å²) in [5.41, 5.74) is 0. The highest BCUT2D eigenvalue weighted by Gasteiger charge is 2.06. The van der Waals surface area contributed by atoms with Crippen LogP contribution in [0.3, 0.4) is 0 Å². The van der Waals surface area contributed by atoms with E-state index in [0.29, 0.717) is 0 Å². The van der Waals surface area contributed by atoms with Gasteiger partial charge in [0.15, 0.2) is 0 Å². The Bertz CT molecular complexity index is 245. The van der Waals surface area contributed by atoms with Gasteiger partial charge in [0.05, 0.1) is 6.10 Å². The fourth-order valence-corrected chi connectivity index (χ4v) is 1.29. The van der Waals surface area contributed by atoms with Gasteiger partial charge in [0.2, 0.25) is 0 Å². The van der Waals surface area contributed by atoms with Crippen LogP contribution in [-0.2, 0) is 14.3 Å². The van der Waals surface area contributed by atoms with Gasteiger partial charge in [-0.2, -0.15) is 0 Å². The van der Waals surface area contributed by atoms with Gasteiger partial charge >= 0.3 is 11.9 Å². The van der Waals surface area contributed by atoms with Crippen LogP contribution in [0.5, 0.6) is 0 Å². The van der Waals surface area contributed by atoms with E-state index in [1.54, 1.807) is 0 Å². The molecule has 0 rings (SSSR count). The molecular weight excluding hydrogens is 208 g/mol. The van der Waals surface area contributed by atoms with Crippen LogP contribution in [-0.4, -0.2) is 23.1 Å². The summed E-state index contributed by atoms with van der Waals surface area (Å²) in [7, 11) is 0. The minimum Gasteiger partial charge on any atom is -0.478 e. The van der Waals surface area contributed by atoms with Crippen LogP contribution in [0.1, 0.15) is 46.0 Å². The molecule has 0 fully saturated rings. The Kier molecular flexibility index (Phi) is 8.21. The number of carbonyl (C=O) groups excluding carboxylic acids is 1. The second-order valence-electron chi connectivity index (χ2n) is 3.77. The van der Waals surface area contributed by atoms with Gasteiger partial charge in [0, 0.05) is 12.2 Å². The van der Waals surface area contributed by atoms with E-state index in [-0.39, 0.29) is 6.10 Å². The minimum atomic E-state index is -1.15. The summed E-state index contributed by atoms with van der Waals surface area (Å²) in [6.07, 6.45) is 6.94. The zero-order valence-corrected chi connectivity index (χ0v) is 9.94. The average Bonchev–Trinajstić information content (AvgIpc) is 2.21. The summed E-state index contributed by atoms with van der Waals surface area (Å²) in [5.74, 6) is -1.74. The lowest BCUT2D eigenvalue weighted by Gasteiger charge is -2.11. The number of unbranched alkanes of at least 4 members (excludes halogenated alkanes) is 3. The maximum absolute atomic E-state index is 11.1. The number of hydrogen-bond acceptors (Lipinski definition) is 3. The molecule has 1 atom stereocenters. The van der Waals surface area contributed by atoms with Crippen molar-refractivity contribution in [1.82, 2.24) is 0 Å². The monoisotopic (exact) mass is 228 g/mol. The third kappa shape index (κ3) is 9.24. The van der Waals surface area contributed by atoms with Crippen molar-refractivity contribution in [1.29, 1.82) is 0 Å². The second-order valence-corrected chi connectivity index (χ2v) is 3.77. The maximum atomic E-state index is 11.1. The lowest BCUT2D eigenvalue weighted by molar-refractivity contribution is -0.143. The van der Waals surface area contributed by atoms with Gasteiger partial charge in [0.25, 0.3) is 0 Å². The summed E-state index contributed by atoms with van der Waals surface area (Å²) in [6.45, 7) is 3.96. The summed E-state index contributed by atoms with van der Waals surface area (Å²) >= 11 is 0. The lowest BCUT2D eigenvalue weighted by atomic mass is 10.1. The highest BCUT2D eigenvalue weighted by atomic mass is 16.5. The Balaban J connectivity index is 3.65. The van der Waals surface area contributed by atoms with Crippen molar-refractivity contribution in [3.05, 3.63) is 12.2 Å². The molecule has 92 valence electrons. The Morgan fingerprint density at radius 1 is 1.25 bits per heavy atom. The Labute approximate surface area is 96.3 Å². The normalized spacial score (nSPS) is 12.6. The molecule has 0 aromatic carbocycles. The molecule has 0 saturated heterocycles. The SMILES string of the molecule is CCCCCC[C@@H](C)OC(=O)/C=C/C(=O)O. The molecule has 0 heterocycles. The summed E-state index contributed by atoms with van der Waals surface area (Å²) in [5, 5.41) is 8.30. The van der Waals surface area contributed by atoms with Crippen LogP contribution in [0, 0.1) is 0 Å². The van der Waals surface area contributed by atoms with Gasteiger partial charge in [-0.05, 0) is 19.8 Å². The summed E-state index contributed by atoms with van der Waals surface area (Å²) in [6, 6.07) is 0. The Morgan fingerprint density at radius 3 is 2.50 bits per heavy atom. The quantitative estimate of drug-likeness (QED) is 0.394. The minimum absolute atomic E-state index is 0.150. The topological polar surface area (TPSA) is 63.6 Å². The van der Waals surface area contributed by atoms with Crippen LogP contribution in [0.25, 0.3) is 0 Å². The maximum Gasteiger partial charge on any atom is 0.331 e. The molecule has 4 heteroatoms. The Morgan fingerprint density at radius 2 is 1.94 bits per heavy atom. The van der Waals surface area contributed by atoms with Crippen LogP contribution >= 0.6 is 0 Å². The van der Waals surface area contributed by atoms with Crippen molar-refractivity contribution in [3.8, 4) is 0 Å². The Hall–Kier alpha value is -1.32. The molecule has 1 N–H and O–H groups in total. The molecule has 0 radical (unpaired) electrons. The number of ether oxygens (including phenoxy) is 1. The number of hydrogen-bond donors (Lipinski definition) is 1. The van der Waals surface area contributed by atoms with Crippen molar-refractivity contribution in [2.24, 2.45) is 0 Å². The smallest absolute Gasteiger partial charge is 0.331 e. The van der Waals surface area contributed by atoms with Crippen molar-refractivity contribution < 1.29 is 19.4 Å². The predicted molar refractivity (Wildman–Crippen MR) is 61.1 cm³/mol. The molecule has 4 nitrogen and oxygen atoms in total. The van der Waals surface area contributed by atoms with Gasteiger partial charge in [0.1, 0.15) is 0 Å². The van der Waals surface area contributed by atoms with Crippen LogP contribution in [0.15, 0.2) is 12.2 Å². The van der Waals surface area contributed by atoms with Crippen LogP contribution in [0.2, 0.25) is 0 Å². The van der Waals surface area contributed by atoms with Crippen molar-refractivity contribution in [2.75, 3.05) is 0 Å². The fraction of sp³-hybridized carbons (Fsp3) is 0.667. The second kappa shape index (κ2) is 8.95. The van der Waals surface area contributed by atoms with Gasteiger partial charge < -0.3 is 9.84 Å². The zero-order chi connectivity index (χ0) is 12.4. The van der Waals surface area contributed by atoms with E-state index in [0.717, 1.165) is 31.4 Å². The molecule has 0 aromatic heterocycles. The summed E-state index contributed by atoms with van der Waals surface area (Å²) in [4.78, 5) is 21.2. The molecule has 0 aliphatic heterocycles. The van der Waals surface area contributed by atoms with E-state index in [1.807, 2.05) is 6.92 Å². The highest BCUT2D eigenvalue weighted by Crippen LogP contribution is 2.08. The van der Waals surface area contributed by atoms with Crippen LogP contribution in [0.4, 0.5) is 0 Å². The van der Waals surface area contributed by atoms with E-state index in [9.17, 15) is 9.59 Å². The number of aliphatic carboxylic acids is 1. The third-order valence-corrected chi connectivity index (χ3v) is 2.14. The highest BCUT2D eigenvalue weighted by molar-refractivity contribution is 5.90. The number of rotatable bonds is 8. The zero-order valence-electron chi connectivity index (χ0n) is 9.94. The van der Waals surface area contributed by atoms with E-state index in [2.05, 4.69) is 6.92 Å². The van der Waals surface area contributed by atoms with Gasteiger partial charge in [-0.3, -0.25) is 0 Å². The van der Waals surface area contributed by atoms with Gasteiger partial charge in [-0.25, -0.2) is 9.59 Å². The van der Waals surface area contributed by atoms with Crippen molar-refractivity contribution in [3.63, 3.8) is 0 Å². The largest absolute Gasteiger partial charge is 0.478 e. The fourth-order valence-electron chi connectivity index (χ4n) is 1.29. The molecule has 16 heavy (non-hydrogen) atoms. The molecule has 0 aliphatic rings. The van der Waals surface area contributed by atoms with Crippen molar-refractivity contribution in [2.45, 2.75) is 52.1 Å². The van der Waals surface area contributed by atoms with Crippen LogP contribution < -0.4 is 0 Å².